The van der Waals surface area contributed by atoms with Crippen molar-refractivity contribution in [2.45, 2.75) is 44.9 Å². The van der Waals surface area contributed by atoms with E-state index < -0.39 is 0 Å². The Bertz CT molecular complexity index is 842. The lowest BCUT2D eigenvalue weighted by atomic mass is 9.90. The molecule has 0 saturated carbocycles. The second-order valence-corrected chi connectivity index (χ2v) is 7.92. The first kappa shape index (κ1) is 20.9. The normalized spacial score (nSPS) is 16.3. The summed E-state index contributed by atoms with van der Waals surface area (Å²) in [5.74, 6) is 1.57. The molecule has 1 heterocycles. The third-order valence-electron chi connectivity index (χ3n) is 5.43. The number of carbonyl (C=O) groups excluding carboxylic acids is 1. The highest BCUT2D eigenvalue weighted by atomic mass is 16.1. The van der Waals surface area contributed by atoms with Crippen LogP contribution in [-0.2, 0) is 11.2 Å². The molecule has 2 aromatic rings. The minimum atomic E-state index is 0.0712. The molecular formula is C24H32N4O. The molecule has 2 aromatic carbocycles. The number of para-hydroxylation sites is 1. The van der Waals surface area contributed by atoms with E-state index >= 15 is 0 Å². The first-order valence-electron chi connectivity index (χ1n) is 10.5. The second kappa shape index (κ2) is 10.1. The standard InChI is InChI=1S/C24H32N4O/c1-17(2)19-12-10-18(11-13-19)7-6-14-26-24(25-3)27-16-20-15-23(29)28-22-9-5-4-8-21(20)22/h4-5,8-13,17,20H,6-7,14-16H2,1-3H3,(H,28,29)(H2,25,26,27). The molecule has 1 aliphatic heterocycles. The zero-order chi connectivity index (χ0) is 20.6. The lowest BCUT2D eigenvalue weighted by Crippen LogP contribution is -2.41. The maximum absolute atomic E-state index is 12.0. The van der Waals surface area contributed by atoms with Crippen LogP contribution in [0.25, 0.3) is 0 Å². The van der Waals surface area contributed by atoms with Gasteiger partial charge in [0.2, 0.25) is 5.91 Å². The quantitative estimate of drug-likeness (QED) is 0.379. The number of guanidine groups is 1. The van der Waals surface area contributed by atoms with Crippen LogP contribution in [0.2, 0.25) is 0 Å². The van der Waals surface area contributed by atoms with Gasteiger partial charge < -0.3 is 16.0 Å². The van der Waals surface area contributed by atoms with E-state index in [0.29, 0.717) is 18.9 Å². The number of anilines is 1. The van der Waals surface area contributed by atoms with Crippen molar-refractivity contribution in [3.05, 3.63) is 65.2 Å². The molecule has 0 fully saturated rings. The molecular weight excluding hydrogens is 360 g/mol. The molecule has 0 saturated heterocycles. The van der Waals surface area contributed by atoms with Gasteiger partial charge in [0.05, 0.1) is 0 Å². The van der Waals surface area contributed by atoms with Crippen molar-refractivity contribution in [3.63, 3.8) is 0 Å². The van der Waals surface area contributed by atoms with E-state index in [1.54, 1.807) is 7.05 Å². The lowest BCUT2D eigenvalue weighted by molar-refractivity contribution is -0.116. The van der Waals surface area contributed by atoms with Crippen molar-refractivity contribution in [2.75, 3.05) is 25.5 Å². The third kappa shape index (κ3) is 5.83. The molecule has 0 spiro atoms. The van der Waals surface area contributed by atoms with Gasteiger partial charge in [-0.15, -0.1) is 0 Å². The molecule has 0 aliphatic carbocycles. The summed E-state index contributed by atoms with van der Waals surface area (Å²) in [5.41, 5.74) is 4.85. The van der Waals surface area contributed by atoms with Crippen molar-refractivity contribution in [2.24, 2.45) is 4.99 Å². The Morgan fingerprint density at radius 1 is 1.14 bits per heavy atom. The highest BCUT2D eigenvalue weighted by Crippen LogP contribution is 2.31. The van der Waals surface area contributed by atoms with E-state index in [-0.39, 0.29) is 11.8 Å². The average Bonchev–Trinajstić information content (AvgIpc) is 2.73. The molecule has 1 unspecified atom stereocenters. The van der Waals surface area contributed by atoms with Gasteiger partial charge in [0.15, 0.2) is 5.96 Å². The van der Waals surface area contributed by atoms with E-state index in [9.17, 15) is 4.79 Å². The number of amides is 1. The summed E-state index contributed by atoms with van der Waals surface area (Å²) in [4.78, 5) is 16.3. The van der Waals surface area contributed by atoms with Crippen LogP contribution in [0, 0.1) is 0 Å². The van der Waals surface area contributed by atoms with E-state index in [0.717, 1.165) is 31.0 Å². The van der Waals surface area contributed by atoms with Gasteiger partial charge in [-0.3, -0.25) is 9.79 Å². The number of hydrogen-bond donors (Lipinski definition) is 3. The van der Waals surface area contributed by atoms with Crippen LogP contribution in [0.5, 0.6) is 0 Å². The molecule has 5 nitrogen and oxygen atoms in total. The van der Waals surface area contributed by atoms with Gasteiger partial charge in [0, 0.05) is 38.2 Å². The lowest BCUT2D eigenvalue weighted by Gasteiger charge is -2.26. The fraction of sp³-hybridized carbons (Fsp3) is 0.417. The summed E-state index contributed by atoms with van der Waals surface area (Å²) in [6.07, 6.45) is 2.57. The molecule has 3 N–H and O–H groups in total. The van der Waals surface area contributed by atoms with Gasteiger partial charge in [-0.25, -0.2) is 0 Å². The molecule has 29 heavy (non-hydrogen) atoms. The smallest absolute Gasteiger partial charge is 0.225 e. The summed E-state index contributed by atoms with van der Waals surface area (Å²) in [7, 11) is 1.78. The molecule has 154 valence electrons. The van der Waals surface area contributed by atoms with Crippen molar-refractivity contribution < 1.29 is 4.79 Å². The van der Waals surface area contributed by atoms with Crippen LogP contribution in [0.3, 0.4) is 0 Å². The SMILES string of the molecule is CN=C(NCCCc1ccc(C(C)C)cc1)NCC1CC(=O)Nc2ccccc21. The number of benzene rings is 2. The van der Waals surface area contributed by atoms with Crippen LogP contribution >= 0.6 is 0 Å². The summed E-state index contributed by atoms with van der Waals surface area (Å²) in [5, 5.41) is 9.71. The minimum Gasteiger partial charge on any atom is -0.356 e. The maximum Gasteiger partial charge on any atom is 0.225 e. The highest BCUT2D eigenvalue weighted by molar-refractivity contribution is 5.94. The Kier molecular flexibility index (Phi) is 7.28. The first-order valence-corrected chi connectivity index (χ1v) is 10.5. The Balaban J connectivity index is 1.44. The molecule has 1 amide bonds. The number of aryl methyl sites for hydroxylation is 1. The van der Waals surface area contributed by atoms with Gasteiger partial charge in [0.25, 0.3) is 0 Å². The number of nitrogens with one attached hydrogen (secondary N) is 3. The largest absolute Gasteiger partial charge is 0.356 e. The zero-order valence-electron chi connectivity index (χ0n) is 17.7. The predicted octanol–water partition coefficient (Wildman–Crippen LogP) is 4.03. The topological polar surface area (TPSA) is 65.5 Å². The number of aliphatic imine (C=N–C) groups is 1. The van der Waals surface area contributed by atoms with E-state index in [2.05, 4.69) is 65.1 Å². The van der Waals surface area contributed by atoms with Crippen molar-refractivity contribution >= 4 is 17.6 Å². The fourth-order valence-electron chi connectivity index (χ4n) is 3.69. The first-order chi connectivity index (χ1) is 14.1. The Hall–Kier alpha value is -2.82. The van der Waals surface area contributed by atoms with E-state index in [4.69, 9.17) is 0 Å². The number of rotatable bonds is 7. The Morgan fingerprint density at radius 2 is 1.90 bits per heavy atom. The van der Waals surface area contributed by atoms with E-state index in [1.807, 2.05) is 18.2 Å². The van der Waals surface area contributed by atoms with Gasteiger partial charge in [-0.2, -0.15) is 0 Å². The minimum absolute atomic E-state index is 0.0712. The van der Waals surface area contributed by atoms with Crippen LogP contribution in [0.1, 0.15) is 55.2 Å². The third-order valence-corrected chi connectivity index (χ3v) is 5.43. The number of fused-ring (bicyclic) bond motifs is 1. The highest BCUT2D eigenvalue weighted by Gasteiger charge is 2.24. The number of carbonyl (C=O) groups is 1. The summed E-state index contributed by atoms with van der Waals surface area (Å²) in [6, 6.07) is 16.9. The monoisotopic (exact) mass is 392 g/mol. The van der Waals surface area contributed by atoms with Gasteiger partial charge in [-0.05, 0) is 41.5 Å². The molecule has 5 heteroatoms. The maximum atomic E-state index is 12.0. The molecule has 3 rings (SSSR count). The van der Waals surface area contributed by atoms with Crippen molar-refractivity contribution in [3.8, 4) is 0 Å². The van der Waals surface area contributed by atoms with Gasteiger partial charge in [0.1, 0.15) is 0 Å². The van der Waals surface area contributed by atoms with Gasteiger partial charge >= 0.3 is 0 Å². The fourth-order valence-corrected chi connectivity index (χ4v) is 3.69. The van der Waals surface area contributed by atoms with Gasteiger partial charge in [-0.1, -0.05) is 56.3 Å². The van der Waals surface area contributed by atoms with Crippen LogP contribution in [0.4, 0.5) is 5.69 Å². The predicted molar refractivity (Wildman–Crippen MR) is 121 cm³/mol. The average molecular weight is 393 g/mol. The molecule has 0 bridgehead atoms. The van der Waals surface area contributed by atoms with Crippen LogP contribution in [-0.4, -0.2) is 32.0 Å². The molecule has 0 radical (unpaired) electrons. The second-order valence-electron chi connectivity index (χ2n) is 7.92. The van der Waals surface area contributed by atoms with E-state index in [1.165, 1.54) is 16.7 Å². The molecule has 1 aliphatic rings. The summed E-state index contributed by atoms with van der Waals surface area (Å²) in [6.45, 7) is 5.97. The molecule has 1 atom stereocenters. The number of hydrogen-bond acceptors (Lipinski definition) is 2. The van der Waals surface area contributed by atoms with Crippen molar-refractivity contribution in [1.82, 2.24) is 10.6 Å². The van der Waals surface area contributed by atoms with Crippen molar-refractivity contribution in [1.29, 1.82) is 0 Å². The Labute approximate surface area is 174 Å². The summed E-state index contributed by atoms with van der Waals surface area (Å²) < 4.78 is 0. The van der Waals surface area contributed by atoms with Crippen LogP contribution < -0.4 is 16.0 Å². The zero-order valence-corrected chi connectivity index (χ0v) is 17.7. The Morgan fingerprint density at radius 3 is 2.62 bits per heavy atom. The molecule has 0 aromatic heterocycles. The van der Waals surface area contributed by atoms with Crippen LogP contribution in [0.15, 0.2) is 53.5 Å². The number of nitrogens with zero attached hydrogens (tertiary/aromatic N) is 1. The summed E-state index contributed by atoms with van der Waals surface area (Å²) >= 11 is 0.